The van der Waals surface area contributed by atoms with Crippen LogP contribution >= 0.6 is 0 Å². The number of amides is 1. The Hall–Kier alpha value is -2.76. The number of benzene rings is 2. The number of halogens is 2. The van der Waals surface area contributed by atoms with E-state index in [-0.39, 0.29) is 23.7 Å². The minimum atomic E-state index is -0.420. The summed E-state index contributed by atoms with van der Waals surface area (Å²) < 4.78 is 28.6. The summed E-state index contributed by atoms with van der Waals surface area (Å²) in [5, 5.41) is 2.73. The highest BCUT2D eigenvalue weighted by atomic mass is 19.1. The second-order valence-electron chi connectivity index (χ2n) is 5.55. The van der Waals surface area contributed by atoms with Crippen LogP contribution in [0.5, 0.6) is 0 Å². The molecule has 0 spiro atoms. The van der Waals surface area contributed by atoms with Crippen molar-refractivity contribution < 1.29 is 13.6 Å². The van der Waals surface area contributed by atoms with Gasteiger partial charge in [-0.25, -0.2) is 13.8 Å². The van der Waals surface area contributed by atoms with Crippen LogP contribution in [0.3, 0.4) is 0 Å². The molecule has 0 radical (unpaired) electrons. The number of carbonyl (C=O) groups excluding carboxylic acids is 1. The Bertz CT molecular complexity index is 872. The van der Waals surface area contributed by atoms with Gasteiger partial charge in [0.15, 0.2) is 5.82 Å². The summed E-state index contributed by atoms with van der Waals surface area (Å²) in [4.78, 5) is 16.5. The van der Waals surface area contributed by atoms with Gasteiger partial charge in [0.05, 0.1) is 11.9 Å². The second kappa shape index (κ2) is 6.78. The van der Waals surface area contributed by atoms with Gasteiger partial charge in [0.25, 0.3) is 0 Å². The normalized spacial score (nSPS) is 11.0. The van der Waals surface area contributed by atoms with Crippen LogP contribution in [0.4, 0.5) is 14.7 Å². The number of aromatic nitrogens is 2. The van der Waals surface area contributed by atoms with E-state index in [0.29, 0.717) is 23.6 Å². The van der Waals surface area contributed by atoms with E-state index in [1.807, 2.05) is 6.92 Å². The van der Waals surface area contributed by atoms with Crippen LogP contribution in [0.25, 0.3) is 11.0 Å². The van der Waals surface area contributed by atoms with Crippen LogP contribution in [0, 0.1) is 11.6 Å². The summed E-state index contributed by atoms with van der Waals surface area (Å²) in [5.41, 5.74) is 1.58. The Morgan fingerprint density at radius 2 is 1.92 bits per heavy atom. The number of rotatable bonds is 5. The number of hydrogen-bond donors (Lipinski definition) is 1. The molecule has 1 aromatic heterocycles. The molecule has 0 aliphatic carbocycles. The molecule has 1 N–H and O–H groups in total. The number of carbonyl (C=O) groups is 1. The Kier molecular flexibility index (Phi) is 4.55. The van der Waals surface area contributed by atoms with Gasteiger partial charge in [0, 0.05) is 6.54 Å². The van der Waals surface area contributed by atoms with Crippen molar-refractivity contribution in [3.05, 3.63) is 59.7 Å². The van der Waals surface area contributed by atoms with Crippen LogP contribution in [-0.4, -0.2) is 15.5 Å². The van der Waals surface area contributed by atoms with Gasteiger partial charge in [-0.2, -0.15) is 0 Å². The van der Waals surface area contributed by atoms with E-state index in [4.69, 9.17) is 0 Å². The third kappa shape index (κ3) is 3.27. The standard InChI is InChI=1S/C18H17F2N3O/c1-2-10-23-15-5-3-4-14(20)17(15)22-18(23)21-16(24)11-12-6-8-13(19)9-7-12/h3-9H,2,10-11H2,1H3,(H,21,22,24). The molecule has 124 valence electrons. The Labute approximate surface area is 138 Å². The van der Waals surface area contributed by atoms with Crippen molar-refractivity contribution in [2.24, 2.45) is 0 Å². The van der Waals surface area contributed by atoms with Crippen molar-refractivity contribution >= 4 is 22.9 Å². The van der Waals surface area contributed by atoms with Gasteiger partial charge in [0.1, 0.15) is 11.3 Å². The average molecular weight is 329 g/mol. The first kappa shape index (κ1) is 16.1. The smallest absolute Gasteiger partial charge is 0.231 e. The molecule has 1 amide bonds. The predicted octanol–water partition coefficient (Wildman–Crippen LogP) is 3.91. The third-order valence-corrected chi connectivity index (χ3v) is 3.71. The van der Waals surface area contributed by atoms with Crippen molar-refractivity contribution in [2.75, 3.05) is 5.32 Å². The van der Waals surface area contributed by atoms with E-state index < -0.39 is 5.82 Å². The van der Waals surface area contributed by atoms with Gasteiger partial charge >= 0.3 is 0 Å². The van der Waals surface area contributed by atoms with Crippen LogP contribution < -0.4 is 5.32 Å². The molecule has 2 aromatic carbocycles. The zero-order valence-electron chi connectivity index (χ0n) is 13.2. The Morgan fingerprint density at radius 1 is 1.17 bits per heavy atom. The number of imidazole rings is 1. The summed E-state index contributed by atoms with van der Waals surface area (Å²) in [6, 6.07) is 10.5. The summed E-state index contributed by atoms with van der Waals surface area (Å²) in [7, 11) is 0. The quantitative estimate of drug-likeness (QED) is 0.771. The minimum Gasteiger partial charge on any atom is -0.310 e. The summed E-state index contributed by atoms with van der Waals surface area (Å²) in [5.74, 6) is -0.727. The summed E-state index contributed by atoms with van der Waals surface area (Å²) in [6.07, 6.45) is 0.918. The molecule has 24 heavy (non-hydrogen) atoms. The molecular formula is C18H17F2N3O. The van der Waals surface area contributed by atoms with E-state index in [1.54, 1.807) is 28.8 Å². The minimum absolute atomic E-state index is 0.0953. The molecule has 0 aliphatic heterocycles. The van der Waals surface area contributed by atoms with E-state index in [9.17, 15) is 13.6 Å². The molecule has 1 heterocycles. The summed E-state index contributed by atoms with van der Waals surface area (Å²) in [6.45, 7) is 2.61. The van der Waals surface area contributed by atoms with Crippen LogP contribution in [0.2, 0.25) is 0 Å². The topological polar surface area (TPSA) is 46.9 Å². The lowest BCUT2D eigenvalue weighted by atomic mass is 10.1. The largest absolute Gasteiger partial charge is 0.310 e. The molecule has 3 aromatic rings. The summed E-state index contributed by atoms with van der Waals surface area (Å²) >= 11 is 0. The van der Waals surface area contributed by atoms with Gasteiger partial charge in [-0.3, -0.25) is 10.1 Å². The number of nitrogens with one attached hydrogen (secondary N) is 1. The lowest BCUT2D eigenvalue weighted by Crippen LogP contribution is -2.18. The number of anilines is 1. The highest BCUT2D eigenvalue weighted by Gasteiger charge is 2.15. The maximum atomic E-state index is 13.9. The fraction of sp³-hybridized carbons (Fsp3) is 0.222. The molecular weight excluding hydrogens is 312 g/mol. The lowest BCUT2D eigenvalue weighted by molar-refractivity contribution is -0.115. The number of nitrogens with zero attached hydrogens (tertiary/aromatic N) is 2. The zero-order chi connectivity index (χ0) is 17.1. The van der Waals surface area contributed by atoms with Crippen molar-refractivity contribution in [2.45, 2.75) is 26.3 Å². The fourth-order valence-corrected chi connectivity index (χ4v) is 2.61. The van der Waals surface area contributed by atoms with Gasteiger partial charge < -0.3 is 4.57 Å². The molecule has 6 heteroatoms. The third-order valence-electron chi connectivity index (χ3n) is 3.71. The highest BCUT2D eigenvalue weighted by Crippen LogP contribution is 2.22. The number of para-hydroxylation sites is 1. The maximum Gasteiger partial charge on any atom is 0.231 e. The van der Waals surface area contributed by atoms with Crippen molar-refractivity contribution in [1.29, 1.82) is 0 Å². The first-order chi connectivity index (χ1) is 11.6. The number of fused-ring (bicyclic) bond motifs is 1. The van der Waals surface area contributed by atoms with Crippen LogP contribution in [-0.2, 0) is 17.8 Å². The van der Waals surface area contributed by atoms with Crippen LogP contribution in [0.15, 0.2) is 42.5 Å². The lowest BCUT2D eigenvalue weighted by Gasteiger charge is -2.09. The first-order valence-corrected chi connectivity index (χ1v) is 7.77. The predicted molar refractivity (Wildman–Crippen MR) is 88.7 cm³/mol. The van der Waals surface area contributed by atoms with Gasteiger partial charge in [0.2, 0.25) is 11.9 Å². The molecule has 0 aliphatic rings. The van der Waals surface area contributed by atoms with Gasteiger partial charge in [-0.05, 0) is 36.2 Å². The fourth-order valence-electron chi connectivity index (χ4n) is 2.61. The van der Waals surface area contributed by atoms with Crippen molar-refractivity contribution in [3.8, 4) is 0 Å². The molecule has 0 atom stereocenters. The Balaban J connectivity index is 1.85. The number of aryl methyl sites for hydroxylation is 1. The van der Waals surface area contributed by atoms with Crippen molar-refractivity contribution in [1.82, 2.24) is 9.55 Å². The molecule has 0 fully saturated rings. The molecule has 4 nitrogen and oxygen atoms in total. The SMILES string of the molecule is CCCn1c(NC(=O)Cc2ccc(F)cc2)nc2c(F)cccc21. The molecule has 0 saturated carbocycles. The van der Waals surface area contributed by atoms with Crippen LogP contribution in [0.1, 0.15) is 18.9 Å². The first-order valence-electron chi connectivity index (χ1n) is 7.77. The number of hydrogen-bond acceptors (Lipinski definition) is 2. The van der Waals surface area contributed by atoms with E-state index in [0.717, 1.165) is 6.42 Å². The molecule has 0 unspecified atom stereocenters. The molecule has 0 bridgehead atoms. The van der Waals surface area contributed by atoms with E-state index in [2.05, 4.69) is 10.3 Å². The second-order valence-corrected chi connectivity index (χ2v) is 5.55. The Morgan fingerprint density at radius 3 is 2.62 bits per heavy atom. The average Bonchev–Trinajstić information content (AvgIpc) is 2.89. The van der Waals surface area contributed by atoms with Gasteiger partial charge in [-0.1, -0.05) is 25.1 Å². The van der Waals surface area contributed by atoms with E-state index >= 15 is 0 Å². The highest BCUT2D eigenvalue weighted by molar-refractivity contribution is 5.93. The van der Waals surface area contributed by atoms with E-state index in [1.165, 1.54) is 18.2 Å². The van der Waals surface area contributed by atoms with Gasteiger partial charge in [-0.15, -0.1) is 0 Å². The molecule has 0 saturated heterocycles. The zero-order valence-corrected chi connectivity index (χ0v) is 13.2. The monoisotopic (exact) mass is 329 g/mol. The maximum absolute atomic E-state index is 13.9. The van der Waals surface area contributed by atoms with Crippen molar-refractivity contribution in [3.63, 3.8) is 0 Å². The molecule has 3 rings (SSSR count).